The zero-order chi connectivity index (χ0) is 10.7. The summed E-state index contributed by atoms with van der Waals surface area (Å²) in [4.78, 5) is 4.34. The number of hydrogen-bond acceptors (Lipinski definition) is 2. The molecule has 1 atom stereocenters. The van der Waals surface area contributed by atoms with Crippen molar-refractivity contribution in [1.29, 1.82) is 0 Å². The van der Waals surface area contributed by atoms with E-state index in [1.54, 1.807) is 6.20 Å². The molecular weight excluding hydrogens is 186 g/mol. The lowest BCUT2D eigenvalue weighted by atomic mass is 10.2. The maximum absolute atomic E-state index is 5.71. The van der Waals surface area contributed by atoms with Gasteiger partial charge in [-0.25, -0.2) is 0 Å². The first-order chi connectivity index (χ1) is 7.29. The summed E-state index contributed by atoms with van der Waals surface area (Å²) in [6, 6.07) is 10.1. The van der Waals surface area contributed by atoms with Crippen LogP contribution in [-0.4, -0.2) is 11.1 Å². The normalized spacial score (nSPS) is 12.7. The summed E-state index contributed by atoms with van der Waals surface area (Å²) in [5, 5.41) is 1.12. The van der Waals surface area contributed by atoms with Gasteiger partial charge >= 0.3 is 0 Å². The van der Waals surface area contributed by atoms with Gasteiger partial charge in [0.25, 0.3) is 0 Å². The largest absolute Gasteiger partial charge is 0.489 e. The molecule has 0 saturated carbocycles. The summed E-state index contributed by atoms with van der Waals surface area (Å²) < 4.78 is 5.71. The van der Waals surface area contributed by atoms with E-state index in [1.807, 2.05) is 30.3 Å². The van der Waals surface area contributed by atoms with Crippen molar-refractivity contribution in [3.63, 3.8) is 0 Å². The molecule has 15 heavy (non-hydrogen) atoms. The van der Waals surface area contributed by atoms with Crippen molar-refractivity contribution in [2.45, 2.75) is 26.4 Å². The van der Waals surface area contributed by atoms with E-state index in [4.69, 9.17) is 4.74 Å². The summed E-state index contributed by atoms with van der Waals surface area (Å²) in [5.74, 6) is 0.850. The van der Waals surface area contributed by atoms with Crippen LogP contribution in [0.1, 0.15) is 20.3 Å². The molecule has 0 radical (unpaired) electrons. The fourth-order valence-electron chi connectivity index (χ4n) is 1.43. The molecule has 78 valence electrons. The molecule has 0 bridgehead atoms. The van der Waals surface area contributed by atoms with Crippen LogP contribution < -0.4 is 4.74 Å². The Hall–Kier alpha value is -1.57. The summed E-state index contributed by atoms with van der Waals surface area (Å²) >= 11 is 0. The second-order valence-electron chi connectivity index (χ2n) is 3.70. The highest BCUT2D eigenvalue weighted by molar-refractivity contribution is 5.79. The van der Waals surface area contributed by atoms with Crippen LogP contribution in [0.25, 0.3) is 10.9 Å². The average molecular weight is 201 g/mol. The SMILES string of the molecule is CCC(C)Oc1cnc2ccccc2c1. The number of nitrogens with zero attached hydrogens (tertiary/aromatic N) is 1. The molecule has 0 aliphatic carbocycles. The van der Waals surface area contributed by atoms with Crippen LogP contribution in [0.2, 0.25) is 0 Å². The zero-order valence-electron chi connectivity index (χ0n) is 9.10. The molecule has 2 heteroatoms. The number of rotatable bonds is 3. The van der Waals surface area contributed by atoms with E-state index in [1.165, 1.54) is 0 Å². The number of aromatic nitrogens is 1. The Balaban J connectivity index is 2.30. The van der Waals surface area contributed by atoms with Gasteiger partial charge in [-0.05, 0) is 25.5 Å². The van der Waals surface area contributed by atoms with E-state index in [-0.39, 0.29) is 6.10 Å². The Morgan fingerprint density at radius 1 is 1.33 bits per heavy atom. The number of pyridine rings is 1. The molecule has 0 fully saturated rings. The van der Waals surface area contributed by atoms with E-state index < -0.39 is 0 Å². The fraction of sp³-hybridized carbons (Fsp3) is 0.308. The van der Waals surface area contributed by atoms with Gasteiger partial charge in [-0.3, -0.25) is 4.98 Å². The Kier molecular flexibility index (Phi) is 2.86. The lowest BCUT2D eigenvalue weighted by Crippen LogP contribution is -2.09. The van der Waals surface area contributed by atoms with Gasteiger partial charge in [0, 0.05) is 5.39 Å². The van der Waals surface area contributed by atoms with Crippen LogP contribution in [0, 0.1) is 0 Å². The fourth-order valence-corrected chi connectivity index (χ4v) is 1.43. The molecule has 0 aliphatic rings. The molecule has 1 aromatic carbocycles. The maximum Gasteiger partial charge on any atom is 0.138 e. The molecule has 1 aromatic heterocycles. The minimum Gasteiger partial charge on any atom is -0.489 e. The van der Waals surface area contributed by atoms with Crippen molar-refractivity contribution in [3.8, 4) is 5.75 Å². The Bertz CT molecular complexity index is 453. The second-order valence-corrected chi connectivity index (χ2v) is 3.70. The van der Waals surface area contributed by atoms with Gasteiger partial charge in [0.15, 0.2) is 0 Å². The number of para-hydroxylation sites is 1. The summed E-state index contributed by atoms with van der Waals surface area (Å²) in [7, 11) is 0. The first-order valence-electron chi connectivity index (χ1n) is 5.31. The quantitative estimate of drug-likeness (QED) is 0.759. The van der Waals surface area contributed by atoms with E-state index in [9.17, 15) is 0 Å². The monoisotopic (exact) mass is 201 g/mol. The Morgan fingerprint density at radius 3 is 2.93 bits per heavy atom. The van der Waals surface area contributed by atoms with Crippen LogP contribution in [0.5, 0.6) is 5.75 Å². The van der Waals surface area contributed by atoms with E-state index in [0.29, 0.717) is 0 Å². The van der Waals surface area contributed by atoms with Crippen LogP contribution in [0.4, 0.5) is 0 Å². The average Bonchev–Trinajstić information content (AvgIpc) is 2.29. The minimum absolute atomic E-state index is 0.243. The van der Waals surface area contributed by atoms with E-state index >= 15 is 0 Å². The molecule has 0 N–H and O–H groups in total. The summed E-state index contributed by atoms with van der Waals surface area (Å²) in [6.45, 7) is 4.17. The van der Waals surface area contributed by atoms with Crippen LogP contribution >= 0.6 is 0 Å². The first-order valence-corrected chi connectivity index (χ1v) is 5.31. The van der Waals surface area contributed by atoms with Gasteiger partial charge in [0.05, 0.1) is 17.8 Å². The van der Waals surface area contributed by atoms with Gasteiger partial charge in [0.1, 0.15) is 5.75 Å². The van der Waals surface area contributed by atoms with Gasteiger partial charge in [0.2, 0.25) is 0 Å². The first kappa shape index (κ1) is 9.97. The molecule has 0 spiro atoms. The predicted octanol–water partition coefficient (Wildman–Crippen LogP) is 3.41. The van der Waals surface area contributed by atoms with Crippen LogP contribution in [0.3, 0.4) is 0 Å². The molecule has 0 amide bonds. The van der Waals surface area contributed by atoms with Crippen molar-refractivity contribution in [1.82, 2.24) is 4.98 Å². The topological polar surface area (TPSA) is 22.1 Å². The molecule has 0 aliphatic heterocycles. The Labute approximate surface area is 89.9 Å². The molecule has 2 rings (SSSR count). The predicted molar refractivity (Wildman–Crippen MR) is 62.1 cm³/mol. The summed E-state index contributed by atoms with van der Waals surface area (Å²) in [6.07, 6.45) is 3.04. The van der Waals surface area contributed by atoms with Gasteiger partial charge in [-0.2, -0.15) is 0 Å². The lowest BCUT2D eigenvalue weighted by molar-refractivity contribution is 0.217. The van der Waals surface area contributed by atoms with Crippen molar-refractivity contribution in [3.05, 3.63) is 36.5 Å². The molecule has 1 heterocycles. The highest BCUT2D eigenvalue weighted by Gasteiger charge is 2.02. The van der Waals surface area contributed by atoms with Gasteiger partial charge < -0.3 is 4.74 Å². The lowest BCUT2D eigenvalue weighted by Gasteiger charge is -2.12. The minimum atomic E-state index is 0.243. The third-order valence-corrected chi connectivity index (χ3v) is 2.48. The van der Waals surface area contributed by atoms with Crippen LogP contribution in [-0.2, 0) is 0 Å². The third-order valence-electron chi connectivity index (χ3n) is 2.48. The van der Waals surface area contributed by atoms with Gasteiger partial charge in [-0.1, -0.05) is 25.1 Å². The van der Waals surface area contributed by atoms with Crippen molar-refractivity contribution in [2.75, 3.05) is 0 Å². The molecule has 1 unspecified atom stereocenters. The summed E-state index contributed by atoms with van der Waals surface area (Å²) in [5.41, 5.74) is 1.01. The van der Waals surface area contributed by atoms with E-state index in [2.05, 4.69) is 18.8 Å². The molecular formula is C13H15NO. The molecule has 2 aromatic rings. The molecule has 2 nitrogen and oxygen atoms in total. The van der Waals surface area contributed by atoms with Crippen LogP contribution in [0.15, 0.2) is 36.5 Å². The highest BCUT2D eigenvalue weighted by atomic mass is 16.5. The zero-order valence-corrected chi connectivity index (χ0v) is 9.10. The number of hydrogen-bond donors (Lipinski definition) is 0. The van der Waals surface area contributed by atoms with E-state index in [0.717, 1.165) is 23.1 Å². The van der Waals surface area contributed by atoms with Crippen molar-refractivity contribution < 1.29 is 4.74 Å². The number of ether oxygens (including phenoxy) is 1. The van der Waals surface area contributed by atoms with Gasteiger partial charge in [-0.15, -0.1) is 0 Å². The highest BCUT2D eigenvalue weighted by Crippen LogP contribution is 2.19. The Morgan fingerprint density at radius 2 is 2.13 bits per heavy atom. The van der Waals surface area contributed by atoms with Crippen molar-refractivity contribution in [2.24, 2.45) is 0 Å². The van der Waals surface area contributed by atoms with Crippen molar-refractivity contribution >= 4 is 10.9 Å². The number of fused-ring (bicyclic) bond motifs is 1. The second kappa shape index (κ2) is 4.30. The smallest absolute Gasteiger partial charge is 0.138 e. The third kappa shape index (κ3) is 2.27. The molecule has 0 saturated heterocycles. The number of benzene rings is 1. The standard InChI is InChI=1S/C13H15NO/c1-3-10(2)15-12-8-11-6-4-5-7-13(11)14-9-12/h4-10H,3H2,1-2H3. The maximum atomic E-state index is 5.71.